The van der Waals surface area contributed by atoms with Crippen LogP contribution in [0.2, 0.25) is 5.02 Å². The van der Waals surface area contributed by atoms with E-state index in [1.807, 2.05) is 0 Å². The highest BCUT2D eigenvalue weighted by Gasteiger charge is 2.15. The third-order valence-electron chi connectivity index (χ3n) is 3.54. The third kappa shape index (κ3) is 4.37. The van der Waals surface area contributed by atoms with Crippen molar-refractivity contribution in [2.45, 2.75) is 6.42 Å². The first kappa shape index (κ1) is 15.1. The number of nitrogens with one attached hydrogen (secondary N) is 1. The van der Waals surface area contributed by atoms with Crippen LogP contribution in [0, 0.1) is 0 Å². The molecule has 1 heterocycles. The molecule has 0 aromatic heterocycles. The van der Waals surface area contributed by atoms with E-state index in [9.17, 15) is 4.79 Å². The van der Waals surface area contributed by atoms with E-state index in [1.165, 1.54) is 0 Å². The van der Waals surface area contributed by atoms with Crippen molar-refractivity contribution in [3.63, 3.8) is 0 Å². The first-order valence-electron chi connectivity index (χ1n) is 6.80. The van der Waals surface area contributed by atoms with E-state index in [4.69, 9.17) is 17.3 Å². The Hall–Kier alpha value is -1.30. The van der Waals surface area contributed by atoms with E-state index in [0.717, 1.165) is 32.7 Å². The third-order valence-corrected chi connectivity index (χ3v) is 3.78. The molecule has 0 saturated carbocycles. The Balaban J connectivity index is 1.79. The first-order chi connectivity index (χ1) is 9.54. The minimum atomic E-state index is -0.0297. The maximum Gasteiger partial charge on any atom is 0.225 e. The van der Waals surface area contributed by atoms with Crippen molar-refractivity contribution in [3.05, 3.63) is 23.2 Å². The number of hydrogen-bond acceptors (Lipinski definition) is 4. The zero-order valence-electron chi connectivity index (χ0n) is 11.7. The maximum absolute atomic E-state index is 11.9. The number of benzene rings is 1. The molecule has 110 valence electrons. The predicted molar refractivity (Wildman–Crippen MR) is 83.0 cm³/mol. The molecule has 0 radical (unpaired) electrons. The highest BCUT2D eigenvalue weighted by molar-refractivity contribution is 6.31. The largest absolute Gasteiger partial charge is 0.397 e. The molecule has 1 aromatic carbocycles. The highest BCUT2D eigenvalue weighted by atomic mass is 35.5. The number of nitrogen functional groups attached to an aromatic ring is 1. The van der Waals surface area contributed by atoms with Gasteiger partial charge in [0.25, 0.3) is 0 Å². The van der Waals surface area contributed by atoms with Gasteiger partial charge in [-0.05, 0) is 25.2 Å². The van der Waals surface area contributed by atoms with Crippen LogP contribution in [0.5, 0.6) is 0 Å². The molecule has 0 spiro atoms. The van der Waals surface area contributed by atoms with Crippen molar-refractivity contribution >= 4 is 28.9 Å². The van der Waals surface area contributed by atoms with Crippen LogP contribution >= 0.6 is 11.6 Å². The van der Waals surface area contributed by atoms with Gasteiger partial charge in [-0.2, -0.15) is 0 Å². The Labute approximate surface area is 124 Å². The van der Waals surface area contributed by atoms with Crippen LogP contribution in [0.25, 0.3) is 0 Å². The number of nitrogens with two attached hydrogens (primary N) is 1. The molecule has 1 aromatic rings. The topological polar surface area (TPSA) is 61.6 Å². The van der Waals surface area contributed by atoms with Crippen LogP contribution in [0.1, 0.15) is 6.42 Å². The normalized spacial score (nSPS) is 17.1. The zero-order chi connectivity index (χ0) is 14.5. The summed E-state index contributed by atoms with van der Waals surface area (Å²) in [5, 5.41) is 3.38. The summed E-state index contributed by atoms with van der Waals surface area (Å²) in [6.45, 7) is 4.93. The van der Waals surface area contributed by atoms with Gasteiger partial charge in [0, 0.05) is 44.2 Å². The first-order valence-corrected chi connectivity index (χ1v) is 7.18. The van der Waals surface area contributed by atoms with Crippen molar-refractivity contribution < 1.29 is 4.79 Å². The van der Waals surface area contributed by atoms with E-state index in [1.54, 1.807) is 18.2 Å². The number of anilines is 2. The van der Waals surface area contributed by atoms with Gasteiger partial charge in [-0.3, -0.25) is 4.79 Å². The molecule has 0 bridgehead atoms. The average Bonchev–Trinajstić information content (AvgIpc) is 2.42. The van der Waals surface area contributed by atoms with E-state index >= 15 is 0 Å². The van der Waals surface area contributed by atoms with Crippen molar-refractivity contribution in [2.24, 2.45) is 0 Å². The smallest absolute Gasteiger partial charge is 0.225 e. The van der Waals surface area contributed by atoms with Gasteiger partial charge in [-0.1, -0.05) is 11.6 Å². The van der Waals surface area contributed by atoms with Crippen molar-refractivity contribution in [1.29, 1.82) is 0 Å². The van der Waals surface area contributed by atoms with Crippen LogP contribution in [-0.2, 0) is 4.79 Å². The number of likely N-dealkylation sites (N-methyl/N-ethyl adjacent to an activating group) is 1. The van der Waals surface area contributed by atoms with Crippen LogP contribution in [0.3, 0.4) is 0 Å². The molecule has 1 aliphatic heterocycles. The molecule has 5 nitrogen and oxygen atoms in total. The lowest BCUT2D eigenvalue weighted by atomic mass is 10.2. The number of carbonyl (C=O) groups is 1. The lowest BCUT2D eigenvalue weighted by Crippen LogP contribution is -2.45. The Bertz CT molecular complexity index is 472. The van der Waals surface area contributed by atoms with Crippen molar-refractivity contribution in [2.75, 3.05) is 50.8 Å². The Morgan fingerprint density at radius 1 is 1.35 bits per heavy atom. The standard InChI is InChI=1S/C14H21ClN4O/c1-18-6-8-19(9-7-18)5-4-14(20)17-13-10-11(15)2-3-12(13)16/h2-3,10H,4-9,16H2,1H3,(H,17,20). The summed E-state index contributed by atoms with van der Waals surface area (Å²) in [7, 11) is 2.12. The summed E-state index contributed by atoms with van der Waals surface area (Å²) >= 11 is 5.89. The SMILES string of the molecule is CN1CCN(CCC(=O)Nc2cc(Cl)ccc2N)CC1. The molecule has 0 aliphatic carbocycles. The molecule has 2 rings (SSSR count). The lowest BCUT2D eigenvalue weighted by Gasteiger charge is -2.32. The summed E-state index contributed by atoms with van der Waals surface area (Å²) in [5.41, 5.74) is 6.92. The molecular weight excluding hydrogens is 276 g/mol. The second-order valence-electron chi connectivity index (χ2n) is 5.17. The summed E-state index contributed by atoms with van der Waals surface area (Å²) in [6, 6.07) is 5.07. The molecule has 0 atom stereocenters. The van der Waals surface area contributed by atoms with Gasteiger partial charge in [0.1, 0.15) is 0 Å². The average molecular weight is 297 g/mol. The Morgan fingerprint density at radius 2 is 2.05 bits per heavy atom. The van der Waals surface area contributed by atoms with Crippen molar-refractivity contribution in [3.8, 4) is 0 Å². The van der Waals surface area contributed by atoms with Crippen LogP contribution in [0.4, 0.5) is 11.4 Å². The summed E-state index contributed by atoms with van der Waals surface area (Å²) < 4.78 is 0. The highest BCUT2D eigenvalue weighted by Crippen LogP contribution is 2.22. The molecule has 6 heteroatoms. The minimum Gasteiger partial charge on any atom is -0.397 e. The van der Waals surface area contributed by atoms with E-state index in [-0.39, 0.29) is 5.91 Å². The molecule has 20 heavy (non-hydrogen) atoms. The van der Waals surface area contributed by atoms with E-state index in [2.05, 4.69) is 22.2 Å². The Kier molecular flexibility index (Phi) is 5.23. The van der Waals surface area contributed by atoms with Gasteiger partial charge < -0.3 is 20.9 Å². The Morgan fingerprint density at radius 3 is 2.75 bits per heavy atom. The summed E-state index contributed by atoms with van der Waals surface area (Å²) in [5.74, 6) is -0.0297. The fourth-order valence-electron chi connectivity index (χ4n) is 2.18. The minimum absolute atomic E-state index is 0.0297. The second-order valence-corrected chi connectivity index (χ2v) is 5.61. The molecule has 1 aliphatic rings. The van der Waals surface area contributed by atoms with Crippen LogP contribution in [-0.4, -0.2) is 55.5 Å². The lowest BCUT2D eigenvalue weighted by molar-refractivity contribution is -0.116. The monoisotopic (exact) mass is 296 g/mol. The maximum atomic E-state index is 11.9. The number of piperazine rings is 1. The predicted octanol–water partition coefficient (Wildman–Crippen LogP) is 1.50. The molecular formula is C14H21ClN4O. The second kappa shape index (κ2) is 6.92. The fraction of sp³-hybridized carbons (Fsp3) is 0.500. The van der Waals surface area contributed by atoms with Gasteiger partial charge in [0.05, 0.1) is 11.4 Å². The van der Waals surface area contributed by atoms with Crippen LogP contribution < -0.4 is 11.1 Å². The van der Waals surface area contributed by atoms with Gasteiger partial charge in [0.15, 0.2) is 0 Å². The van der Waals surface area contributed by atoms with E-state index < -0.39 is 0 Å². The number of nitrogens with zero attached hydrogens (tertiary/aromatic N) is 2. The number of hydrogen-bond donors (Lipinski definition) is 2. The van der Waals surface area contributed by atoms with Gasteiger partial charge in [-0.25, -0.2) is 0 Å². The molecule has 1 fully saturated rings. The number of carbonyl (C=O) groups excluding carboxylic acids is 1. The molecule has 1 amide bonds. The van der Waals surface area contributed by atoms with Crippen molar-refractivity contribution in [1.82, 2.24) is 9.80 Å². The quantitative estimate of drug-likeness (QED) is 0.827. The molecule has 0 unspecified atom stereocenters. The fourth-order valence-corrected chi connectivity index (χ4v) is 2.35. The van der Waals surface area contributed by atoms with E-state index in [0.29, 0.717) is 22.8 Å². The molecule has 1 saturated heterocycles. The zero-order valence-corrected chi connectivity index (χ0v) is 12.5. The number of halogens is 1. The van der Waals surface area contributed by atoms with Gasteiger partial charge >= 0.3 is 0 Å². The number of amides is 1. The van der Waals surface area contributed by atoms with Crippen LogP contribution in [0.15, 0.2) is 18.2 Å². The number of rotatable bonds is 4. The summed E-state index contributed by atoms with van der Waals surface area (Å²) in [4.78, 5) is 16.5. The van der Waals surface area contributed by atoms with Gasteiger partial charge in [-0.15, -0.1) is 0 Å². The molecule has 3 N–H and O–H groups in total. The summed E-state index contributed by atoms with van der Waals surface area (Å²) in [6.07, 6.45) is 0.468. The van der Waals surface area contributed by atoms with Gasteiger partial charge in [0.2, 0.25) is 5.91 Å².